The molecule has 4 rings (SSSR count). The third-order valence-electron chi connectivity index (χ3n) is 5.43. The van der Waals surface area contributed by atoms with Crippen molar-refractivity contribution < 1.29 is 24.5 Å². The Morgan fingerprint density at radius 3 is 2.30 bits per heavy atom. The molecule has 0 spiro atoms. The molecule has 0 atom stereocenters. The molecular weight excluding hydrogens is 416 g/mol. The molecule has 0 fully saturated rings. The van der Waals surface area contributed by atoms with Crippen LogP contribution in [0.5, 0.6) is 23.0 Å². The first-order valence-electron chi connectivity index (χ1n) is 11.0. The van der Waals surface area contributed by atoms with Crippen molar-refractivity contribution >= 4 is 16.7 Å². The Kier molecular flexibility index (Phi) is 6.79. The van der Waals surface area contributed by atoms with Gasteiger partial charge in [0.05, 0.1) is 6.61 Å². The third-order valence-corrected chi connectivity index (χ3v) is 5.43. The van der Waals surface area contributed by atoms with Gasteiger partial charge in [-0.2, -0.15) is 0 Å². The minimum absolute atomic E-state index is 0.166. The van der Waals surface area contributed by atoms with Gasteiger partial charge in [-0.1, -0.05) is 30.3 Å². The van der Waals surface area contributed by atoms with Crippen molar-refractivity contribution in [2.75, 3.05) is 6.61 Å². The summed E-state index contributed by atoms with van der Waals surface area (Å²) in [5.74, 6) is 1.59. The van der Waals surface area contributed by atoms with E-state index in [1.807, 2.05) is 61.5 Å². The van der Waals surface area contributed by atoms with Gasteiger partial charge in [0.1, 0.15) is 23.0 Å². The molecule has 0 aromatic heterocycles. The Morgan fingerprint density at radius 2 is 1.58 bits per heavy atom. The maximum Gasteiger partial charge on any atom is 0.305 e. The van der Waals surface area contributed by atoms with Gasteiger partial charge in [-0.3, -0.25) is 4.79 Å². The zero-order chi connectivity index (χ0) is 23.2. The number of fused-ring (bicyclic) bond motifs is 1. The highest BCUT2D eigenvalue weighted by atomic mass is 16.5. The Balaban J connectivity index is 1.60. The molecular formula is C28H26O5. The number of phenols is 2. The maximum absolute atomic E-state index is 11.5. The summed E-state index contributed by atoms with van der Waals surface area (Å²) >= 11 is 0. The number of hydrogen-bond donors (Lipinski definition) is 2. The van der Waals surface area contributed by atoms with E-state index in [1.165, 1.54) is 0 Å². The van der Waals surface area contributed by atoms with Crippen molar-refractivity contribution in [3.8, 4) is 34.1 Å². The smallest absolute Gasteiger partial charge is 0.305 e. The van der Waals surface area contributed by atoms with Gasteiger partial charge >= 0.3 is 5.97 Å². The lowest BCUT2D eigenvalue weighted by Crippen LogP contribution is -2.03. The second-order valence-corrected chi connectivity index (χ2v) is 7.80. The summed E-state index contributed by atoms with van der Waals surface area (Å²) < 4.78 is 11.3. The van der Waals surface area contributed by atoms with E-state index in [9.17, 15) is 15.0 Å². The van der Waals surface area contributed by atoms with Crippen LogP contribution >= 0.6 is 0 Å². The van der Waals surface area contributed by atoms with E-state index in [-0.39, 0.29) is 17.5 Å². The van der Waals surface area contributed by atoms with E-state index < -0.39 is 0 Å². The van der Waals surface area contributed by atoms with Gasteiger partial charge in [-0.05, 0) is 84.8 Å². The number of hydrogen-bond acceptors (Lipinski definition) is 5. The molecule has 168 valence electrons. The SMILES string of the molecule is CCOC(=O)CCCc1ccc(Oc2c(-c3ccc(O)cc3)ccc3cc(O)ccc23)cc1. The number of carbonyl (C=O) groups excluding carboxylic acids is 1. The van der Waals surface area contributed by atoms with Crippen molar-refractivity contribution in [1.82, 2.24) is 0 Å². The summed E-state index contributed by atoms with van der Waals surface area (Å²) in [6.07, 6.45) is 1.92. The lowest BCUT2D eigenvalue weighted by molar-refractivity contribution is -0.143. The molecule has 5 heteroatoms. The highest BCUT2D eigenvalue weighted by Gasteiger charge is 2.13. The van der Waals surface area contributed by atoms with Crippen LogP contribution in [0.15, 0.2) is 78.9 Å². The average Bonchev–Trinajstić information content (AvgIpc) is 2.81. The highest BCUT2D eigenvalue weighted by molar-refractivity contribution is 5.96. The fraction of sp³-hybridized carbons (Fsp3) is 0.179. The van der Waals surface area contributed by atoms with E-state index in [1.54, 1.807) is 24.3 Å². The summed E-state index contributed by atoms with van der Waals surface area (Å²) in [7, 11) is 0. The quantitative estimate of drug-likeness (QED) is 0.301. The molecule has 33 heavy (non-hydrogen) atoms. The Morgan fingerprint density at radius 1 is 0.848 bits per heavy atom. The topological polar surface area (TPSA) is 76.0 Å². The van der Waals surface area contributed by atoms with Crippen LogP contribution in [0.3, 0.4) is 0 Å². The van der Waals surface area contributed by atoms with Crippen LogP contribution in [-0.4, -0.2) is 22.8 Å². The van der Waals surface area contributed by atoms with Crippen molar-refractivity contribution in [2.45, 2.75) is 26.2 Å². The summed E-state index contributed by atoms with van der Waals surface area (Å²) in [6, 6.07) is 23.9. The first-order valence-corrected chi connectivity index (χ1v) is 11.0. The molecule has 0 saturated heterocycles. The number of aryl methyl sites for hydroxylation is 1. The largest absolute Gasteiger partial charge is 0.508 e. The molecule has 0 amide bonds. The average molecular weight is 443 g/mol. The normalized spacial score (nSPS) is 10.8. The number of phenolic OH excluding ortho intramolecular Hbond substituents is 2. The van der Waals surface area contributed by atoms with Crippen LogP contribution in [0.2, 0.25) is 0 Å². The second-order valence-electron chi connectivity index (χ2n) is 7.80. The standard InChI is InChI=1S/C28H26O5/c1-2-32-27(31)5-3-4-19-6-14-24(15-7-19)33-28-25(20-8-11-22(29)12-9-20)16-10-21-18-23(30)13-17-26(21)28/h6-18,29-30H,2-5H2,1H3. The van der Waals surface area contributed by atoms with Crippen LogP contribution < -0.4 is 4.74 Å². The Hall–Kier alpha value is -3.99. The molecule has 5 nitrogen and oxygen atoms in total. The second kappa shape index (κ2) is 10.1. The molecule has 0 saturated carbocycles. The number of rotatable bonds is 8. The van der Waals surface area contributed by atoms with E-state index in [0.717, 1.165) is 40.3 Å². The number of ether oxygens (including phenoxy) is 2. The van der Waals surface area contributed by atoms with Crippen LogP contribution in [0.25, 0.3) is 21.9 Å². The van der Waals surface area contributed by atoms with E-state index in [4.69, 9.17) is 9.47 Å². The first-order chi connectivity index (χ1) is 16.0. The molecule has 0 bridgehead atoms. The molecule has 0 aliphatic heterocycles. The predicted molar refractivity (Wildman–Crippen MR) is 129 cm³/mol. The van der Waals surface area contributed by atoms with Crippen molar-refractivity contribution in [3.05, 3.63) is 84.4 Å². The minimum Gasteiger partial charge on any atom is -0.508 e. The lowest BCUT2D eigenvalue weighted by Gasteiger charge is -2.15. The van der Waals surface area contributed by atoms with Gasteiger partial charge in [-0.15, -0.1) is 0 Å². The number of carbonyl (C=O) groups is 1. The van der Waals surface area contributed by atoms with E-state index in [2.05, 4.69) is 0 Å². The number of esters is 1. The number of benzene rings is 4. The van der Waals surface area contributed by atoms with Crippen molar-refractivity contribution in [2.24, 2.45) is 0 Å². The van der Waals surface area contributed by atoms with Gasteiger partial charge in [0.25, 0.3) is 0 Å². The minimum atomic E-state index is -0.166. The van der Waals surface area contributed by atoms with Gasteiger partial charge < -0.3 is 19.7 Å². The predicted octanol–water partition coefficient (Wildman–Crippen LogP) is 6.60. The van der Waals surface area contributed by atoms with Gasteiger partial charge in [0, 0.05) is 17.4 Å². The zero-order valence-electron chi connectivity index (χ0n) is 18.5. The summed E-state index contributed by atoms with van der Waals surface area (Å²) in [5.41, 5.74) is 2.91. The molecule has 2 N–H and O–H groups in total. The van der Waals surface area contributed by atoms with Crippen molar-refractivity contribution in [3.63, 3.8) is 0 Å². The number of aromatic hydroxyl groups is 2. The van der Waals surface area contributed by atoms with Crippen LogP contribution in [0.1, 0.15) is 25.3 Å². The summed E-state index contributed by atoms with van der Waals surface area (Å²) in [6.45, 7) is 2.22. The molecule has 0 aliphatic carbocycles. The zero-order valence-corrected chi connectivity index (χ0v) is 18.5. The molecule has 0 aliphatic rings. The molecule has 0 radical (unpaired) electrons. The Bertz CT molecular complexity index is 1240. The van der Waals surface area contributed by atoms with Gasteiger partial charge in [0.15, 0.2) is 0 Å². The van der Waals surface area contributed by atoms with Crippen LogP contribution in [0, 0.1) is 0 Å². The van der Waals surface area contributed by atoms with Gasteiger partial charge in [-0.25, -0.2) is 0 Å². The molecule has 4 aromatic carbocycles. The maximum atomic E-state index is 11.5. The van der Waals surface area contributed by atoms with Crippen molar-refractivity contribution in [1.29, 1.82) is 0 Å². The monoisotopic (exact) mass is 442 g/mol. The fourth-order valence-corrected chi connectivity index (χ4v) is 3.78. The first kappa shape index (κ1) is 22.2. The van der Waals surface area contributed by atoms with E-state index in [0.29, 0.717) is 24.5 Å². The summed E-state index contributed by atoms with van der Waals surface area (Å²) in [5, 5.41) is 21.3. The molecule has 4 aromatic rings. The molecule has 0 unspecified atom stereocenters. The molecule has 0 heterocycles. The van der Waals surface area contributed by atoms with Crippen LogP contribution in [0.4, 0.5) is 0 Å². The third kappa shape index (κ3) is 5.44. The Labute approximate surface area is 192 Å². The van der Waals surface area contributed by atoms with Crippen LogP contribution in [-0.2, 0) is 16.0 Å². The summed E-state index contributed by atoms with van der Waals surface area (Å²) in [4.78, 5) is 11.5. The van der Waals surface area contributed by atoms with Gasteiger partial charge in [0.2, 0.25) is 0 Å². The highest BCUT2D eigenvalue weighted by Crippen LogP contribution is 2.40. The van der Waals surface area contributed by atoms with E-state index >= 15 is 0 Å². The lowest BCUT2D eigenvalue weighted by atomic mass is 9.99. The fourth-order valence-electron chi connectivity index (χ4n) is 3.78.